The van der Waals surface area contributed by atoms with E-state index in [1.54, 1.807) is 49.4 Å². The predicted molar refractivity (Wildman–Crippen MR) is 100 cm³/mol. The summed E-state index contributed by atoms with van der Waals surface area (Å²) in [7, 11) is -3.79. The van der Waals surface area contributed by atoms with Crippen molar-refractivity contribution in [2.75, 3.05) is 10.8 Å². The van der Waals surface area contributed by atoms with Gasteiger partial charge in [-0.15, -0.1) is 0 Å². The standard InChI is InChI=1S/C19H14ClNO4S/c1-12-10-14(20)8-9-16(12)25-18(22)11-21-15-6-2-4-13-5-3-7-17(19(13)15)26(21,23)24/h2-10H,11H2,1H3. The smallest absolute Gasteiger partial charge is 0.332 e. The van der Waals surface area contributed by atoms with Crippen LogP contribution in [0, 0.1) is 6.92 Å². The van der Waals surface area contributed by atoms with Gasteiger partial charge in [0.25, 0.3) is 10.0 Å². The van der Waals surface area contributed by atoms with Gasteiger partial charge >= 0.3 is 5.97 Å². The van der Waals surface area contributed by atoms with E-state index in [2.05, 4.69) is 0 Å². The molecule has 0 radical (unpaired) electrons. The SMILES string of the molecule is Cc1cc(Cl)ccc1OC(=O)CN1c2cccc3cccc(c23)S1(=O)=O. The third-order valence-corrected chi connectivity index (χ3v) is 6.35. The summed E-state index contributed by atoms with van der Waals surface area (Å²) in [6.45, 7) is 1.36. The fourth-order valence-electron chi connectivity index (χ4n) is 3.13. The van der Waals surface area contributed by atoms with E-state index in [4.69, 9.17) is 16.3 Å². The van der Waals surface area contributed by atoms with Crippen LogP contribution in [0.2, 0.25) is 5.02 Å². The maximum absolute atomic E-state index is 12.9. The Kier molecular flexibility index (Phi) is 3.89. The summed E-state index contributed by atoms with van der Waals surface area (Å²) in [6, 6.07) is 15.3. The van der Waals surface area contributed by atoms with Crippen molar-refractivity contribution in [2.24, 2.45) is 0 Å². The fraction of sp³-hybridized carbons (Fsp3) is 0.105. The molecule has 0 saturated carbocycles. The van der Waals surface area contributed by atoms with Crippen molar-refractivity contribution in [1.82, 2.24) is 0 Å². The highest BCUT2D eigenvalue weighted by molar-refractivity contribution is 7.93. The molecule has 0 spiro atoms. The molecule has 3 aromatic rings. The number of nitrogens with zero attached hydrogens (tertiary/aromatic N) is 1. The molecule has 0 fully saturated rings. The van der Waals surface area contributed by atoms with Gasteiger partial charge in [-0.2, -0.15) is 0 Å². The molecule has 0 aliphatic carbocycles. The maximum Gasteiger partial charge on any atom is 0.332 e. The predicted octanol–water partition coefficient (Wildman–Crippen LogP) is 3.92. The molecule has 1 aliphatic rings. The largest absolute Gasteiger partial charge is 0.425 e. The second kappa shape index (κ2) is 6.00. The van der Waals surface area contributed by atoms with Crippen LogP contribution in [-0.4, -0.2) is 20.9 Å². The van der Waals surface area contributed by atoms with Crippen LogP contribution in [0.15, 0.2) is 59.5 Å². The molecular weight excluding hydrogens is 374 g/mol. The second-order valence-corrected chi connectivity index (χ2v) is 8.29. The first-order valence-electron chi connectivity index (χ1n) is 7.89. The Morgan fingerprint density at radius 2 is 1.85 bits per heavy atom. The average Bonchev–Trinajstić information content (AvgIpc) is 2.81. The van der Waals surface area contributed by atoms with Gasteiger partial charge in [-0.25, -0.2) is 13.2 Å². The number of anilines is 1. The molecule has 0 N–H and O–H groups in total. The first-order valence-corrected chi connectivity index (χ1v) is 9.71. The molecule has 0 saturated heterocycles. The average molecular weight is 388 g/mol. The van der Waals surface area contributed by atoms with Gasteiger partial charge in [-0.1, -0.05) is 35.9 Å². The number of hydrogen-bond donors (Lipinski definition) is 0. The molecule has 0 amide bonds. The normalized spacial score (nSPS) is 14.6. The minimum absolute atomic E-state index is 0.209. The Labute approximate surface area is 155 Å². The molecule has 1 aliphatic heterocycles. The van der Waals surface area contributed by atoms with E-state index in [0.717, 1.165) is 9.69 Å². The van der Waals surface area contributed by atoms with Crippen molar-refractivity contribution in [3.8, 4) is 5.75 Å². The molecule has 0 atom stereocenters. The molecular formula is C19H14ClNO4S. The Balaban J connectivity index is 1.67. The summed E-state index contributed by atoms with van der Waals surface area (Å²) in [5.41, 5.74) is 1.18. The van der Waals surface area contributed by atoms with Crippen molar-refractivity contribution in [2.45, 2.75) is 11.8 Å². The summed E-state index contributed by atoms with van der Waals surface area (Å²) in [5.74, 6) is -0.310. The Morgan fingerprint density at radius 1 is 1.12 bits per heavy atom. The number of sulfonamides is 1. The van der Waals surface area contributed by atoms with Crippen molar-refractivity contribution >= 4 is 44.1 Å². The minimum Gasteiger partial charge on any atom is -0.425 e. The highest BCUT2D eigenvalue weighted by atomic mass is 35.5. The quantitative estimate of drug-likeness (QED) is 0.504. The number of ether oxygens (including phenoxy) is 1. The van der Waals surface area contributed by atoms with Gasteiger partial charge < -0.3 is 4.74 Å². The van der Waals surface area contributed by atoms with E-state index in [1.165, 1.54) is 0 Å². The van der Waals surface area contributed by atoms with Crippen molar-refractivity contribution in [3.05, 3.63) is 65.2 Å². The van der Waals surface area contributed by atoms with Crippen LogP contribution in [0.5, 0.6) is 5.75 Å². The minimum atomic E-state index is -3.79. The van der Waals surface area contributed by atoms with Gasteiger partial charge in [0, 0.05) is 10.4 Å². The first-order chi connectivity index (χ1) is 12.4. The lowest BCUT2D eigenvalue weighted by molar-refractivity contribution is -0.132. The monoisotopic (exact) mass is 387 g/mol. The van der Waals surface area contributed by atoms with E-state index < -0.39 is 22.5 Å². The molecule has 0 aromatic heterocycles. The number of benzene rings is 3. The zero-order chi connectivity index (χ0) is 18.5. The van der Waals surface area contributed by atoms with E-state index in [1.807, 2.05) is 12.1 Å². The van der Waals surface area contributed by atoms with Crippen LogP contribution in [0.1, 0.15) is 5.56 Å². The van der Waals surface area contributed by atoms with Gasteiger partial charge in [0.15, 0.2) is 0 Å². The Hall–Kier alpha value is -2.57. The van der Waals surface area contributed by atoms with E-state index >= 15 is 0 Å². The lowest BCUT2D eigenvalue weighted by Crippen LogP contribution is -2.34. The van der Waals surface area contributed by atoms with Crippen LogP contribution in [0.4, 0.5) is 5.69 Å². The van der Waals surface area contributed by atoms with E-state index in [-0.39, 0.29) is 4.90 Å². The van der Waals surface area contributed by atoms with Crippen LogP contribution >= 0.6 is 11.6 Å². The first kappa shape index (κ1) is 16.9. The topological polar surface area (TPSA) is 63.7 Å². The van der Waals surface area contributed by atoms with Gasteiger partial charge in [-0.05, 0) is 48.2 Å². The number of carbonyl (C=O) groups excluding carboxylic acids is 1. The number of halogens is 1. The van der Waals surface area contributed by atoms with Crippen molar-refractivity contribution in [3.63, 3.8) is 0 Å². The lowest BCUT2D eigenvalue weighted by Gasteiger charge is -2.18. The van der Waals surface area contributed by atoms with E-state index in [0.29, 0.717) is 27.4 Å². The highest BCUT2D eigenvalue weighted by Crippen LogP contribution is 2.41. The van der Waals surface area contributed by atoms with Gasteiger partial charge in [-0.3, -0.25) is 4.31 Å². The summed E-state index contributed by atoms with van der Waals surface area (Å²) >= 11 is 5.90. The zero-order valence-corrected chi connectivity index (χ0v) is 15.3. The van der Waals surface area contributed by atoms with Gasteiger partial charge in [0.1, 0.15) is 12.3 Å². The molecule has 0 unspecified atom stereocenters. The second-order valence-electron chi connectivity index (χ2n) is 6.03. The fourth-order valence-corrected chi connectivity index (χ4v) is 5.01. The molecule has 5 nitrogen and oxygen atoms in total. The molecule has 4 rings (SSSR count). The van der Waals surface area contributed by atoms with Gasteiger partial charge in [0.2, 0.25) is 0 Å². The lowest BCUT2D eigenvalue weighted by atomic mass is 10.1. The van der Waals surface area contributed by atoms with E-state index in [9.17, 15) is 13.2 Å². The Morgan fingerprint density at radius 3 is 2.58 bits per heavy atom. The van der Waals surface area contributed by atoms with Crippen molar-refractivity contribution < 1.29 is 17.9 Å². The number of carbonyl (C=O) groups is 1. The number of rotatable bonds is 3. The molecule has 3 aromatic carbocycles. The maximum atomic E-state index is 12.9. The molecule has 132 valence electrons. The van der Waals surface area contributed by atoms with Crippen LogP contribution < -0.4 is 9.04 Å². The van der Waals surface area contributed by atoms with Gasteiger partial charge in [0.05, 0.1) is 10.6 Å². The number of hydrogen-bond acceptors (Lipinski definition) is 4. The van der Waals surface area contributed by atoms with Crippen LogP contribution in [-0.2, 0) is 14.8 Å². The summed E-state index contributed by atoms with van der Waals surface area (Å²) in [6.07, 6.45) is 0. The third-order valence-electron chi connectivity index (χ3n) is 4.31. The van der Waals surface area contributed by atoms with Crippen LogP contribution in [0.3, 0.4) is 0 Å². The highest BCUT2D eigenvalue weighted by Gasteiger charge is 2.37. The number of aryl methyl sites for hydroxylation is 1. The summed E-state index contributed by atoms with van der Waals surface area (Å²) in [4.78, 5) is 12.6. The number of esters is 1. The molecule has 26 heavy (non-hydrogen) atoms. The molecule has 0 bridgehead atoms. The molecule has 7 heteroatoms. The van der Waals surface area contributed by atoms with Crippen LogP contribution in [0.25, 0.3) is 10.8 Å². The third kappa shape index (κ3) is 2.62. The Bertz CT molecular complexity index is 1150. The summed E-state index contributed by atoms with van der Waals surface area (Å²) < 4.78 is 32.2. The zero-order valence-electron chi connectivity index (χ0n) is 13.8. The van der Waals surface area contributed by atoms with Crippen molar-refractivity contribution in [1.29, 1.82) is 0 Å². The summed E-state index contributed by atoms with van der Waals surface area (Å²) in [5, 5.41) is 1.98. The molecule has 1 heterocycles.